The second-order valence-corrected chi connectivity index (χ2v) is 5.36. The fourth-order valence-corrected chi connectivity index (χ4v) is 2.33. The number of carbonyl (C=O) groups excluding carboxylic acids is 4. The van der Waals surface area contributed by atoms with E-state index in [1.807, 2.05) is 0 Å². The standard InChI is InChI=1S/C16H18F2N2O6/c1-7(11(15(23)25-2)16(24)26-3)12(13(19)21)20-14(22)9-5-4-8(17)6-10(9)18/h4-7,11-12H,1-3H3,(H2,19,21)(H,20,22)/t7-,12+/m1/s1. The molecule has 1 aromatic rings. The van der Waals surface area contributed by atoms with E-state index in [0.29, 0.717) is 6.07 Å². The van der Waals surface area contributed by atoms with Gasteiger partial charge in [-0.25, -0.2) is 8.78 Å². The summed E-state index contributed by atoms with van der Waals surface area (Å²) in [5.41, 5.74) is 4.69. The summed E-state index contributed by atoms with van der Waals surface area (Å²) in [6.07, 6.45) is 0. The fraction of sp³-hybridized carbons (Fsp3) is 0.375. The molecule has 0 radical (unpaired) electrons. The molecule has 2 amide bonds. The van der Waals surface area contributed by atoms with Crippen LogP contribution in [-0.2, 0) is 23.9 Å². The molecule has 8 nitrogen and oxygen atoms in total. The smallest absolute Gasteiger partial charge is 0.320 e. The molecule has 0 saturated heterocycles. The van der Waals surface area contributed by atoms with Gasteiger partial charge in [0.05, 0.1) is 19.8 Å². The lowest BCUT2D eigenvalue weighted by Crippen LogP contribution is -2.53. The highest BCUT2D eigenvalue weighted by Gasteiger charge is 2.41. The van der Waals surface area contributed by atoms with Gasteiger partial charge < -0.3 is 20.5 Å². The van der Waals surface area contributed by atoms with Gasteiger partial charge in [-0.1, -0.05) is 6.92 Å². The normalized spacial score (nSPS) is 12.8. The fourth-order valence-electron chi connectivity index (χ4n) is 2.33. The maximum absolute atomic E-state index is 13.7. The third kappa shape index (κ3) is 4.74. The maximum atomic E-state index is 13.7. The van der Waals surface area contributed by atoms with Crippen LogP contribution >= 0.6 is 0 Å². The molecule has 142 valence electrons. The number of benzene rings is 1. The van der Waals surface area contributed by atoms with Gasteiger partial charge in [-0.05, 0) is 12.1 Å². The number of nitrogens with two attached hydrogens (primary N) is 1. The van der Waals surface area contributed by atoms with E-state index < -0.39 is 58.8 Å². The van der Waals surface area contributed by atoms with E-state index in [9.17, 15) is 28.0 Å². The minimum absolute atomic E-state index is 0.489. The van der Waals surface area contributed by atoms with Gasteiger partial charge >= 0.3 is 11.9 Å². The van der Waals surface area contributed by atoms with Crippen LogP contribution in [0.25, 0.3) is 0 Å². The number of methoxy groups -OCH3 is 2. The van der Waals surface area contributed by atoms with Crippen molar-refractivity contribution in [1.82, 2.24) is 5.32 Å². The van der Waals surface area contributed by atoms with Gasteiger partial charge in [0.15, 0.2) is 5.92 Å². The van der Waals surface area contributed by atoms with Crippen LogP contribution in [0.4, 0.5) is 8.78 Å². The number of esters is 2. The second kappa shape index (κ2) is 8.88. The molecule has 1 rings (SSSR count). The first kappa shape index (κ1) is 21.0. The molecule has 0 fully saturated rings. The van der Waals surface area contributed by atoms with E-state index in [1.54, 1.807) is 0 Å². The van der Waals surface area contributed by atoms with E-state index in [-0.39, 0.29) is 0 Å². The highest BCUT2D eigenvalue weighted by Crippen LogP contribution is 2.20. The van der Waals surface area contributed by atoms with Crippen LogP contribution in [0.15, 0.2) is 18.2 Å². The largest absolute Gasteiger partial charge is 0.468 e. The SMILES string of the molecule is COC(=O)C(C(=O)OC)[C@@H](C)[C@H](NC(=O)c1ccc(F)cc1F)C(N)=O. The first-order chi connectivity index (χ1) is 12.1. The van der Waals surface area contributed by atoms with Crippen molar-refractivity contribution in [1.29, 1.82) is 0 Å². The molecule has 1 aromatic carbocycles. The molecular formula is C16H18F2N2O6. The van der Waals surface area contributed by atoms with Crippen molar-refractivity contribution < 1.29 is 37.4 Å². The number of ether oxygens (including phenoxy) is 2. The quantitative estimate of drug-likeness (QED) is 0.518. The highest BCUT2D eigenvalue weighted by atomic mass is 19.1. The maximum Gasteiger partial charge on any atom is 0.320 e. The van der Waals surface area contributed by atoms with Gasteiger partial charge in [0.2, 0.25) is 5.91 Å². The van der Waals surface area contributed by atoms with Gasteiger partial charge in [0.25, 0.3) is 5.91 Å². The Hall–Kier alpha value is -3.04. The summed E-state index contributed by atoms with van der Waals surface area (Å²) in [5.74, 6) is -8.93. The zero-order valence-corrected chi connectivity index (χ0v) is 14.2. The minimum Gasteiger partial charge on any atom is -0.468 e. The van der Waals surface area contributed by atoms with Crippen molar-refractivity contribution in [3.05, 3.63) is 35.4 Å². The molecule has 0 aliphatic carbocycles. The molecule has 0 aliphatic heterocycles. The molecule has 0 spiro atoms. The van der Waals surface area contributed by atoms with Crippen LogP contribution in [0.1, 0.15) is 17.3 Å². The van der Waals surface area contributed by atoms with Gasteiger partial charge in [0, 0.05) is 12.0 Å². The Kier molecular flexibility index (Phi) is 7.17. The lowest BCUT2D eigenvalue weighted by Gasteiger charge is -2.26. The Labute approximate surface area is 147 Å². The van der Waals surface area contributed by atoms with E-state index in [1.165, 1.54) is 6.92 Å². The summed E-state index contributed by atoms with van der Waals surface area (Å²) in [5, 5.41) is 2.14. The molecule has 0 aliphatic rings. The van der Waals surface area contributed by atoms with Gasteiger partial charge in [-0.3, -0.25) is 19.2 Å². The predicted octanol–water partition coefficient (Wildman–Crippen LogP) is 0.147. The molecule has 0 unspecified atom stereocenters. The number of carbonyl (C=O) groups is 4. The summed E-state index contributed by atoms with van der Waals surface area (Å²) in [6.45, 7) is 1.29. The van der Waals surface area contributed by atoms with Gasteiger partial charge in [-0.15, -0.1) is 0 Å². The molecule has 3 N–H and O–H groups in total. The minimum atomic E-state index is -1.55. The van der Waals surface area contributed by atoms with Crippen molar-refractivity contribution >= 4 is 23.8 Å². The lowest BCUT2D eigenvalue weighted by molar-refractivity contribution is -0.161. The molecule has 0 aromatic heterocycles. The van der Waals surface area contributed by atoms with E-state index in [2.05, 4.69) is 14.8 Å². The number of primary amides is 1. The van der Waals surface area contributed by atoms with Crippen molar-refractivity contribution in [3.8, 4) is 0 Å². The summed E-state index contributed by atoms with van der Waals surface area (Å²) in [7, 11) is 2.05. The Balaban J connectivity index is 3.13. The summed E-state index contributed by atoms with van der Waals surface area (Å²) in [6, 6.07) is 0.687. The first-order valence-electron chi connectivity index (χ1n) is 7.34. The number of hydrogen-bond donors (Lipinski definition) is 2. The second-order valence-electron chi connectivity index (χ2n) is 5.36. The Morgan fingerprint density at radius 1 is 1.08 bits per heavy atom. The Bertz CT molecular complexity index is 709. The van der Waals surface area contributed by atoms with Crippen molar-refractivity contribution in [2.75, 3.05) is 14.2 Å². The van der Waals surface area contributed by atoms with Crippen LogP contribution in [-0.4, -0.2) is 44.0 Å². The van der Waals surface area contributed by atoms with Crippen LogP contribution in [0.5, 0.6) is 0 Å². The topological polar surface area (TPSA) is 125 Å². The molecule has 26 heavy (non-hydrogen) atoms. The van der Waals surface area contributed by atoms with Gasteiger partial charge in [0.1, 0.15) is 17.7 Å². The molecule has 0 heterocycles. The number of rotatable bonds is 7. The summed E-state index contributed by atoms with van der Waals surface area (Å²) < 4.78 is 35.7. The third-order valence-electron chi connectivity index (χ3n) is 3.73. The lowest BCUT2D eigenvalue weighted by atomic mass is 9.86. The zero-order valence-electron chi connectivity index (χ0n) is 14.2. The number of nitrogens with one attached hydrogen (secondary N) is 1. The number of amides is 2. The summed E-state index contributed by atoms with van der Waals surface area (Å²) >= 11 is 0. The van der Waals surface area contributed by atoms with E-state index in [4.69, 9.17) is 5.73 Å². The highest BCUT2D eigenvalue weighted by molar-refractivity contribution is 5.99. The molecule has 2 atom stereocenters. The van der Waals surface area contributed by atoms with Crippen molar-refractivity contribution in [2.45, 2.75) is 13.0 Å². The van der Waals surface area contributed by atoms with Crippen LogP contribution in [0.3, 0.4) is 0 Å². The van der Waals surface area contributed by atoms with E-state index in [0.717, 1.165) is 26.4 Å². The van der Waals surface area contributed by atoms with Crippen LogP contribution in [0, 0.1) is 23.5 Å². The first-order valence-corrected chi connectivity index (χ1v) is 7.34. The van der Waals surface area contributed by atoms with E-state index >= 15 is 0 Å². The molecule has 0 bridgehead atoms. The Morgan fingerprint density at radius 3 is 2.04 bits per heavy atom. The molecule has 10 heteroatoms. The number of hydrogen-bond acceptors (Lipinski definition) is 6. The summed E-state index contributed by atoms with van der Waals surface area (Å²) in [4.78, 5) is 47.6. The third-order valence-corrected chi connectivity index (χ3v) is 3.73. The predicted molar refractivity (Wildman–Crippen MR) is 83.5 cm³/mol. The molecular weight excluding hydrogens is 354 g/mol. The molecule has 0 saturated carbocycles. The van der Waals surface area contributed by atoms with Crippen molar-refractivity contribution in [2.24, 2.45) is 17.6 Å². The van der Waals surface area contributed by atoms with Crippen LogP contribution in [0.2, 0.25) is 0 Å². The monoisotopic (exact) mass is 372 g/mol. The zero-order chi connectivity index (χ0) is 20.0. The average molecular weight is 372 g/mol. The van der Waals surface area contributed by atoms with Crippen LogP contribution < -0.4 is 11.1 Å². The Morgan fingerprint density at radius 2 is 1.62 bits per heavy atom. The number of halogens is 2. The van der Waals surface area contributed by atoms with Gasteiger partial charge in [-0.2, -0.15) is 0 Å². The average Bonchev–Trinajstić information content (AvgIpc) is 2.58. The van der Waals surface area contributed by atoms with Crippen molar-refractivity contribution in [3.63, 3.8) is 0 Å².